The van der Waals surface area contributed by atoms with Crippen LogP contribution < -0.4 is 5.73 Å². The second-order valence-corrected chi connectivity index (χ2v) is 5.42. The zero-order valence-electron chi connectivity index (χ0n) is 10.4. The summed E-state index contributed by atoms with van der Waals surface area (Å²) in [5.41, 5.74) is 10.0. The number of hydrogen-bond acceptors (Lipinski definition) is 1. The van der Waals surface area contributed by atoms with Gasteiger partial charge < -0.3 is 5.73 Å². The van der Waals surface area contributed by atoms with Crippen LogP contribution in [0.15, 0.2) is 40.9 Å². The van der Waals surface area contributed by atoms with Gasteiger partial charge in [0.1, 0.15) is 5.82 Å². The van der Waals surface area contributed by atoms with Crippen LogP contribution in [0.4, 0.5) is 4.39 Å². The van der Waals surface area contributed by atoms with Crippen molar-refractivity contribution in [3.05, 3.63) is 68.9 Å². The first kappa shape index (κ1) is 13.2. The van der Waals surface area contributed by atoms with Crippen LogP contribution in [0.3, 0.4) is 0 Å². The lowest BCUT2D eigenvalue weighted by Crippen LogP contribution is -2.13. The first-order valence-electron chi connectivity index (χ1n) is 5.76. The second-order valence-electron chi connectivity index (χ2n) is 4.56. The van der Waals surface area contributed by atoms with Crippen molar-refractivity contribution in [3.63, 3.8) is 0 Å². The van der Waals surface area contributed by atoms with Gasteiger partial charge in [-0.25, -0.2) is 4.39 Å². The van der Waals surface area contributed by atoms with Crippen LogP contribution >= 0.6 is 15.9 Å². The van der Waals surface area contributed by atoms with Crippen LogP contribution in [0.5, 0.6) is 0 Å². The predicted octanol–water partition coefficient (Wildman–Crippen LogP) is 4.25. The van der Waals surface area contributed by atoms with Gasteiger partial charge >= 0.3 is 0 Å². The number of nitrogens with two attached hydrogens (primary N) is 1. The maximum absolute atomic E-state index is 13.4. The third kappa shape index (κ3) is 2.79. The molecule has 0 spiro atoms. The van der Waals surface area contributed by atoms with Gasteiger partial charge in [-0.3, -0.25) is 0 Å². The molecule has 94 valence electrons. The van der Waals surface area contributed by atoms with E-state index < -0.39 is 0 Å². The van der Waals surface area contributed by atoms with E-state index in [2.05, 4.69) is 15.9 Å². The molecule has 1 unspecified atom stereocenters. The highest BCUT2D eigenvalue weighted by atomic mass is 79.9. The lowest BCUT2D eigenvalue weighted by atomic mass is 9.97. The lowest BCUT2D eigenvalue weighted by Gasteiger charge is -2.16. The van der Waals surface area contributed by atoms with E-state index in [-0.39, 0.29) is 11.9 Å². The summed E-state index contributed by atoms with van der Waals surface area (Å²) in [5.74, 6) is -0.246. The normalized spacial score (nSPS) is 12.5. The first-order chi connectivity index (χ1) is 8.47. The Balaban J connectivity index is 2.47. The molecule has 2 rings (SSSR count). The molecule has 0 aliphatic rings. The molecule has 0 amide bonds. The maximum atomic E-state index is 13.4. The molecule has 0 heterocycles. The largest absolute Gasteiger partial charge is 0.320 e. The van der Waals surface area contributed by atoms with E-state index in [1.165, 1.54) is 12.1 Å². The van der Waals surface area contributed by atoms with Gasteiger partial charge in [0.25, 0.3) is 0 Å². The van der Waals surface area contributed by atoms with E-state index >= 15 is 0 Å². The van der Waals surface area contributed by atoms with E-state index in [4.69, 9.17) is 5.73 Å². The molecule has 0 aliphatic heterocycles. The molecule has 0 aromatic heterocycles. The van der Waals surface area contributed by atoms with Gasteiger partial charge in [-0.1, -0.05) is 39.7 Å². The third-order valence-electron chi connectivity index (χ3n) is 2.91. The van der Waals surface area contributed by atoms with Gasteiger partial charge in [-0.15, -0.1) is 0 Å². The Morgan fingerprint density at radius 3 is 2.44 bits per heavy atom. The van der Waals surface area contributed by atoms with Gasteiger partial charge in [-0.05, 0) is 48.7 Å². The summed E-state index contributed by atoms with van der Waals surface area (Å²) in [6.45, 7) is 3.88. The van der Waals surface area contributed by atoms with Gasteiger partial charge in [0.15, 0.2) is 0 Å². The van der Waals surface area contributed by atoms with Crippen LogP contribution in [-0.4, -0.2) is 0 Å². The van der Waals surface area contributed by atoms with Gasteiger partial charge in [0.05, 0.1) is 6.04 Å². The van der Waals surface area contributed by atoms with E-state index in [0.717, 1.165) is 26.7 Å². The molecule has 18 heavy (non-hydrogen) atoms. The fraction of sp³-hybridized carbons (Fsp3) is 0.200. The molecule has 3 heteroatoms. The van der Waals surface area contributed by atoms with Crippen molar-refractivity contribution in [2.45, 2.75) is 19.9 Å². The smallest absolute Gasteiger partial charge is 0.123 e. The first-order valence-corrected chi connectivity index (χ1v) is 6.55. The van der Waals surface area contributed by atoms with Gasteiger partial charge in [0.2, 0.25) is 0 Å². The molecule has 1 nitrogen and oxygen atoms in total. The minimum Gasteiger partial charge on any atom is -0.320 e. The molecule has 2 aromatic rings. The summed E-state index contributed by atoms with van der Waals surface area (Å²) >= 11 is 3.49. The van der Waals surface area contributed by atoms with Crippen LogP contribution in [0.25, 0.3) is 0 Å². The molecule has 0 bridgehead atoms. The Labute approximate surface area is 115 Å². The van der Waals surface area contributed by atoms with Gasteiger partial charge in [0, 0.05) is 4.47 Å². The summed E-state index contributed by atoms with van der Waals surface area (Å²) in [5, 5.41) is 0. The Hall–Kier alpha value is -1.19. The zero-order chi connectivity index (χ0) is 13.3. The number of halogens is 2. The summed E-state index contributed by atoms with van der Waals surface area (Å²) in [4.78, 5) is 0. The SMILES string of the molecule is Cc1cc(F)cc(C(N)c2cc(C)ccc2Br)c1. The van der Waals surface area contributed by atoms with Gasteiger partial charge in [-0.2, -0.15) is 0 Å². The molecule has 0 aliphatic carbocycles. The summed E-state index contributed by atoms with van der Waals surface area (Å²) in [6, 6.07) is 10.6. The fourth-order valence-electron chi connectivity index (χ4n) is 2.03. The fourth-order valence-corrected chi connectivity index (χ4v) is 2.52. The monoisotopic (exact) mass is 307 g/mol. The maximum Gasteiger partial charge on any atom is 0.123 e. The van der Waals surface area contributed by atoms with Crippen LogP contribution in [0.2, 0.25) is 0 Å². The molecular weight excluding hydrogens is 293 g/mol. The minimum absolute atomic E-state index is 0.246. The van der Waals surface area contributed by atoms with Crippen molar-refractivity contribution in [1.29, 1.82) is 0 Å². The standard InChI is InChI=1S/C15H15BrFN/c1-9-3-4-14(16)13(7-9)15(18)11-5-10(2)6-12(17)8-11/h3-8,15H,18H2,1-2H3. The average molecular weight is 308 g/mol. The highest BCUT2D eigenvalue weighted by molar-refractivity contribution is 9.10. The van der Waals surface area contributed by atoms with E-state index in [0.29, 0.717) is 0 Å². The van der Waals surface area contributed by atoms with Crippen molar-refractivity contribution in [1.82, 2.24) is 0 Å². The van der Waals surface area contributed by atoms with E-state index in [1.54, 1.807) is 0 Å². The van der Waals surface area contributed by atoms with E-state index in [1.807, 2.05) is 38.1 Å². The van der Waals surface area contributed by atoms with Crippen molar-refractivity contribution < 1.29 is 4.39 Å². The topological polar surface area (TPSA) is 26.0 Å². The zero-order valence-corrected chi connectivity index (χ0v) is 12.0. The summed E-state index contributed by atoms with van der Waals surface area (Å²) in [7, 11) is 0. The lowest BCUT2D eigenvalue weighted by molar-refractivity contribution is 0.622. The molecule has 2 N–H and O–H groups in total. The minimum atomic E-state index is -0.325. The molecule has 0 saturated heterocycles. The highest BCUT2D eigenvalue weighted by Gasteiger charge is 2.13. The molecule has 0 radical (unpaired) electrons. The Kier molecular flexibility index (Phi) is 3.83. The Bertz CT molecular complexity index is 560. The molecule has 0 saturated carbocycles. The van der Waals surface area contributed by atoms with Crippen molar-refractivity contribution in [2.75, 3.05) is 0 Å². The van der Waals surface area contributed by atoms with E-state index in [9.17, 15) is 4.39 Å². The van der Waals surface area contributed by atoms with Crippen molar-refractivity contribution >= 4 is 15.9 Å². The highest BCUT2D eigenvalue weighted by Crippen LogP contribution is 2.28. The number of benzene rings is 2. The summed E-state index contributed by atoms with van der Waals surface area (Å²) < 4.78 is 14.4. The molecule has 1 atom stereocenters. The summed E-state index contributed by atoms with van der Waals surface area (Å²) in [6.07, 6.45) is 0. The van der Waals surface area contributed by atoms with Crippen LogP contribution in [-0.2, 0) is 0 Å². The quantitative estimate of drug-likeness (QED) is 0.881. The van der Waals surface area contributed by atoms with Crippen LogP contribution in [0, 0.1) is 19.7 Å². The molecular formula is C15H15BrFN. The molecule has 0 fully saturated rings. The third-order valence-corrected chi connectivity index (χ3v) is 3.63. The second kappa shape index (κ2) is 5.21. The van der Waals surface area contributed by atoms with Crippen molar-refractivity contribution in [2.24, 2.45) is 5.73 Å². The molecule has 2 aromatic carbocycles. The van der Waals surface area contributed by atoms with Crippen molar-refractivity contribution in [3.8, 4) is 0 Å². The Morgan fingerprint density at radius 1 is 1.06 bits per heavy atom. The predicted molar refractivity (Wildman–Crippen MR) is 76.0 cm³/mol. The number of hydrogen-bond donors (Lipinski definition) is 1. The average Bonchev–Trinajstić information content (AvgIpc) is 2.30. The Morgan fingerprint density at radius 2 is 1.78 bits per heavy atom. The number of aryl methyl sites for hydroxylation is 2. The van der Waals surface area contributed by atoms with Crippen LogP contribution in [0.1, 0.15) is 28.3 Å². The number of rotatable bonds is 2.